The summed E-state index contributed by atoms with van der Waals surface area (Å²) in [6, 6.07) is 7.78. The van der Waals surface area contributed by atoms with Crippen LogP contribution < -0.4 is 0 Å². The molecule has 0 bridgehead atoms. The van der Waals surface area contributed by atoms with Crippen LogP contribution in [0, 0.1) is 18.3 Å². The van der Waals surface area contributed by atoms with Gasteiger partial charge in [-0.2, -0.15) is 5.26 Å². The van der Waals surface area contributed by atoms with Crippen LogP contribution in [0.15, 0.2) is 22.7 Å². The SMILES string of the molecule is COC(=O)CC(C#N)c1ccc(Br)cc1C. The van der Waals surface area contributed by atoms with E-state index in [1.165, 1.54) is 7.11 Å². The van der Waals surface area contributed by atoms with Crippen molar-refractivity contribution in [1.82, 2.24) is 0 Å². The molecule has 0 fully saturated rings. The smallest absolute Gasteiger partial charge is 0.307 e. The van der Waals surface area contributed by atoms with Gasteiger partial charge in [0.2, 0.25) is 0 Å². The average molecular weight is 282 g/mol. The van der Waals surface area contributed by atoms with Crippen molar-refractivity contribution in [2.75, 3.05) is 7.11 Å². The van der Waals surface area contributed by atoms with Gasteiger partial charge in [0.25, 0.3) is 0 Å². The van der Waals surface area contributed by atoms with Crippen molar-refractivity contribution in [1.29, 1.82) is 5.26 Å². The van der Waals surface area contributed by atoms with E-state index in [0.29, 0.717) is 0 Å². The lowest BCUT2D eigenvalue weighted by Crippen LogP contribution is -2.08. The molecule has 1 unspecified atom stereocenters. The van der Waals surface area contributed by atoms with Crippen molar-refractivity contribution in [2.45, 2.75) is 19.3 Å². The van der Waals surface area contributed by atoms with Gasteiger partial charge in [-0.3, -0.25) is 4.79 Å². The van der Waals surface area contributed by atoms with Crippen molar-refractivity contribution >= 4 is 21.9 Å². The fourth-order valence-electron chi connectivity index (χ4n) is 1.51. The van der Waals surface area contributed by atoms with E-state index in [2.05, 4.69) is 26.7 Å². The molecule has 0 spiro atoms. The Bertz CT molecular complexity index is 437. The maximum absolute atomic E-state index is 11.2. The van der Waals surface area contributed by atoms with Crippen LogP contribution in [0.4, 0.5) is 0 Å². The minimum atomic E-state index is -0.444. The number of nitrogens with zero attached hydrogens (tertiary/aromatic N) is 1. The Balaban J connectivity index is 2.96. The first-order chi connectivity index (χ1) is 7.58. The number of halogens is 1. The Morgan fingerprint density at radius 1 is 1.62 bits per heavy atom. The van der Waals surface area contributed by atoms with Crippen molar-refractivity contribution in [3.05, 3.63) is 33.8 Å². The molecule has 0 amide bonds. The molecule has 1 rings (SSSR count). The van der Waals surface area contributed by atoms with Gasteiger partial charge < -0.3 is 4.74 Å². The van der Waals surface area contributed by atoms with Gasteiger partial charge >= 0.3 is 5.97 Å². The second kappa shape index (κ2) is 5.66. The minimum Gasteiger partial charge on any atom is -0.469 e. The lowest BCUT2D eigenvalue weighted by atomic mass is 9.93. The first-order valence-electron chi connectivity index (χ1n) is 4.81. The molecule has 1 aromatic rings. The second-order valence-electron chi connectivity index (χ2n) is 3.46. The molecule has 0 radical (unpaired) electrons. The van der Waals surface area contributed by atoms with E-state index in [0.717, 1.165) is 15.6 Å². The summed E-state index contributed by atoms with van der Waals surface area (Å²) in [4.78, 5) is 11.2. The van der Waals surface area contributed by atoms with E-state index < -0.39 is 5.92 Å². The minimum absolute atomic E-state index is 0.0927. The van der Waals surface area contributed by atoms with Gasteiger partial charge in [0.1, 0.15) is 0 Å². The summed E-state index contributed by atoms with van der Waals surface area (Å²) in [6.45, 7) is 1.92. The van der Waals surface area contributed by atoms with Crippen LogP contribution >= 0.6 is 15.9 Å². The van der Waals surface area contributed by atoms with Crippen LogP contribution in [-0.4, -0.2) is 13.1 Å². The maximum atomic E-state index is 11.2. The summed E-state index contributed by atoms with van der Waals surface area (Å²) in [5.74, 6) is -0.811. The standard InChI is InChI=1S/C12H12BrNO2/c1-8-5-10(13)3-4-11(8)9(7-14)6-12(15)16-2/h3-5,9H,6H2,1-2H3. The highest BCUT2D eigenvalue weighted by molar-refractivity contribution is 9.10. The van der Waals surface area contributed by atoms with Crippen LogP contribution in [0.3, 0.4) is 0 Å². The van der Waals surface area contributed by atoms with E-state index in [9.17, 15) is 4.79 Å². The molecule has 0 N–H and O–H groups in total. The van der Waals surface area contributed by atoms with E-state index in [-0.39, 0.29) is 12.4 Å². The highest BCUT2D eigenvalue weighted by atomic mass is 79.9. The first-order valence-corrected chi connectivity index (χ1v) is 5.60. The van der Waals surface area contributed by atoms with Crippen LogP contribution in [-0.2, 0) is 9.53 Å². The highest BCUT2D eigenvalue weighted by Crippen LogP contribution is 2.25. The third kappa shape index (κ3) is 3.07. The Morgan fingerprint density at radius 3 is 2.81 bits per heavy atom. The molecule has 0 heterocycles. The average Bonchev–Trinajstić information content (AvgIpc) is 2.26. The zero-order chi connectivity index (χ0) is 12.1. The molecule has 3 nitrogen and oxygen atoms in total. The topological polar surface area (TPSA) is 50.1 Å². The zero-order valence-electron chi connectivity index (χ0n) is 9.16. The lowest BCUT2D eigenvalue weighted by molar-refractivity contribution is -0.140. The number of benzene rings is 1. The first kappa shape index (κ1) is 12.7. The number of aryl methyl sites for hydroxylation is 1. The van der Waals surface area contributed by atoms with Crippen LogP contribution in [0.5, 0.6) is 0 Å². The highest BCUT2D eigenvalue weighted by Gasteiger charge is 2.17. The normalized spacial score (nSPS) is 11.6. The summed E-state index contributed by atoms with van der Waals surface area (Å²) in [5, 5.41) is 9.05. The number of carbonyl (C=O) groups is 1. The molecular formula is C12H12BrNO2. The van der Waals surface area contributed by atoms with E-state index >= 15 is 0 Å². The number of esters is 1. The molecular weight excluding hydrogens is 270 g/mol. The molecule has 84 valence electrons. The third-order valence-corrected chi connectivity index (χ3v) is 2.85. The molecule has 16 heavy (non-hydrogen) atoms. The van der Waals surface area contributed by atoms with Crippen molar-refractivity contribution in [2.24, 2.45) is 0 Å². The molecule has 0 saturated carbocycles. The van der Waals surface area contributed by atoms with Gasteiger partial charge in [-0.25, -0.2) is 0 Å². The van der Waals surface area contributed by atoms with Crippen LogP contribution in [0.1, 0.15) is 23.5 Å². The van der Waals surface area contributed by atoms with E-state index in [4.69, 9.17) is 5.26 Å². The van der Waals surface area contributed by atoms with Crippen LogP contribution in [0.25, 0.3) is 0 Å². The summed E-state index contributed by atoms with van der Waals surface area (Å²) in [5.41, 5.74) is 1.86. The fourth-order valence-corrected chi connectivity index (χ4v) is 1.98. The van der Waals surface area contributed by atoms with Crippen molar-refractivity contribution in [3.63, 3.8) is 0 Å². The zero-order valence-corrected chi connectivity index (χ0v) is 10.7. The number of carbonyl (C=O) groups excluding carboxylic acids is 1. The number of hydrogen-bond acceptors (Lipinski definition) is 3. The second-order valence-corrected chi connectivity index (χ2v) is 4.38. The van der Waals surface area contributed by atoms with Gasteiger partial charge in [0.15, 0.2) is 0 Å². The number of methoxy groups -OCH3 is 1. The molecule has 0 aromatic heterocycles. The molecule has 1 aromatic carbocycles. The third-order valence-electron chi connectivity index (χ3n) is 2.36. The monoisotopic (exact) mass is 281 g/mol. The predicted molar refractivity (Wildman–Crippen MR) is 63.9 cm³/mol. The Labute approximate surface area is 103 Å². The Hall–Kier alpha value is -1.34. The molecule has 0 aliphatic rings. The van der Waals surface area contributed by atoms with Crippen LogP contribution in [0.2, 0.25) is 0 Å². The van der Waals surface area contributed by atoms with Gasteiger partial charge in [-0.1, -0.05) is 22.0 Å². The molecule has 0 saturated heterocycles. The molecule has 0 aliphatic carbocycles. The lowest BCUT2D eigenvalue weighted by Gasteiger charge is -2.11. The fraction of sp³-hybridized carbons (Fsp3) is 0.333. The Kier molecular flexibility index (Phi) is 4.51. The summed E-state index contributed by atoms with van der Waals surface area (Å²) < 4.78 is 5.53. The molecule has 0 aliphatic heterocycles. The van der Waals surface area contributed by atoms with Gasteiger partial charge in [-0.15, -0.1) is 0 Å². The predicted octanol–water partition coefficient (Wildman–Crippen LogP) is 2.93. The van der Waals surface area contributed by atoms with Crippen molar-refractivity contribution < 1.29 is 9.53 Å². The van der Waals surface area contributed by atoms with E-state index in [1.807, 2.05) is 25.1 Å². The number of ether oxygens (including phenoxy) is 1. The van der Waals surface area contributed by atoms with Crippen molar-refractivity contribution in [3.8, 4) is 6.07 Å². The number of rotatable bonds is 3. The Morgan fingerprint density at radius 2 is 2.31 bits per heavy atom. The number of hydrogen-bond donors (Lipinski definition) is 0. The van der Waals surface area contributed by atoms with E-state index in [1.54, 1.807) is 0 Å². The maximum Gasteiger partial charge on any atom is 0.307 e. The quantitative estimate of drug-likeness (QED) is 0.801. The van der Waals surface area contributed by atoms with Gasteiger partial charge in [0, 0.05) is 4.47 Å². The summed E-state index contributed by atoms with van der Waals surface area (Å²) in [6.07, 6.45) is 0.0927. The largest absolute Gasteiger partial charge is 0.469 e. The summed E-state index contributed by atoms with van der Waals surface area (Å²) >= 11 is 3.36. The van der Waals surface area contributed by atoms with Gasteiger partial charge in [-0.05, 0) is 30.2 Å². The molecule has 4 heteroatoms. The number of nitriles is 1. The van der Waals surface area contributed by atoms with Gasteiger partial charge in [0.05, 0.1) is 25.5 Å². The molecule has 1 atom stereocenters. The summed E-state index contributed by atoms with van der Waals surface area (Å²) in [7, 11) is 1.32.